The van der Waals surface area contributed by atoms with Gasteiger partial charge in [0.05, 0.1) is 11.5 Å². The molecule has 1 N–H and O–H groups in total. The Hall–Kier alpha value is -1.99. The quantitative estimate of drug-likeness (QED) is 0.668. The molecular weight excluding hydrogens is 272 g/mol. The third-order valence-electron chi connectivity index (χ3n) is 2.39. The zero-order valence-electron chi connectivity index (χ0n) is 10.1. The summed E-state index contributed by atoms with van der Waals surface area (Å²) in [6.07, 6.45) is 0. The summed E-state index contributed by atoms with van der Waals surface area (Å²) in [4.78, 5) is 14.5. The van der Waals surface area contributed by atoms with Gasteiger partial charge in [-0.3, -0.25) is 10.1 Å². The van der Waals surface area contributed by atoms with Crippen LogP contribution in [0.15, 0.2) is 22.7 Å². The highest BCUT2D eigenvalue weighted by Crippen LogP contribution is 2.31. The van der Waals surface area contributed by atoms with Crippen LogP contribution < -0.4 is 5.32 Å². The van der Waals surface area contributed by atoms with Gasteiger partial charge in [0.15, 0.2) is 5.82 Å². The van der Waals surface area contributed by atoms with Gasteiger partial charge in [-0.15, -0.1) is 0 Å². The van der Waals surface area contributed by atoms with E-state index in [-0.39, 0.29) is 22.2 Å². The molecule has 0 amide bonds. The number of benzene rings is 1. The maximum absolute atomic E-state index is 11.0. The van der Waals surface area contributed by atoms with E-state index in [9.17, 15) is 10.1 Å². The monoisotopic (exact) mass is 282 g/mol. The summed E-state index contributed by atoms with van der Waals surface area (Å²) in [5.74, 6) is 0.553. The van der Waals surface area contributed by atoms with Crippen molar-refractivity contribution in [3.63, 3.8) is 0 Å². The molecule has 0 radical (unpaired) electrons. The lowest BCUT2D eigenvalue weighted by Crippen LogP contribution is -2.12. The molecule has 100 valence electrons. The molecule has 0 aliphatic heterocycles. The Morgan fingerprint density at radius 3 is 3.00 bits per heavy atom. The van der Waals surface area contributed by atoms with Gasteiger partial charge in [-0.1, -0.05) is 23.7 Å². The van der Waals surface area contributed by atoms with Gasteiger partial charge in [-0.25, -0.2) is 0 Å². The molecular formula is C11H11ClN4O3. The summed E-state index contributed by atoms with van der Waals surface area (Å²) in [5.41, 5.74) is 0.0933. The third-order valence-corrected chi connectivity index (χ3v) is 2.62. The van der Waals surface area contributed by atoms with Crippen LogP contribution >= 0.6 is 11.6 Å². The van der Waals surface area contributed by atoms with Crippen molar-refractivity contribution >= 4 is 17.3 Å². The standard InChI is InChI=1S/C11H11ClN4O3/c1-2-13-6-10-14-11(19-15-10)8-4-3-7(12)5-9(8)16(17)18/h3-5,13H,2,6H2,1H3. The largest absolute Gasteiger partial charge is 0.334 e. The number of hydrogen-bond donors (Lipinski definition) is 1. The number of halogens is 1. The van der Waals surface area contributed by atoms with E-state index >= 15 is 0 Å². The summed E-state index contributed by atoms with van der Waals surface area (Å²) in [5, 5.41) is 18.0. The van der Waals surface area contributed by atoms with Crippen LogP contribution in [0.4, 0.5) is 5.69 Å². The predicted molar refractivity (Wildman–Crippen MR) is 68.8 cm³/mol. The minimum Gasteiger partial charge on any atom is -0.334 e. The SMILES string of the molecule is CCNCc1noc(-c2ccc(Cl)cc2[N+](=O)[O-])n1. The van der Waals surface area contributed by atoms with E-state index in [4.69, 9.17) is 16.1 Å². The van der Waals surface area contributed by atoms with Gasteiger partial charge >= 0.3 is 0 Å². The van der Waals surface area contributed by atoms with E-state index in [2.05, 4.69) is 15.5 Å². The van der Waals surface area contributed by atoms with Crippen molar-refractivity contribution in [3.05, 3.63) is 39.2 Å². The molecule has 0 saturated carbocycles. The fourth-order valence-electron chi connectivity index (χ4n) is 1.51. The van der Waals surface area contributed by atoms with Gasteiger partial charge in [0.2, 0.25) is 0 Å². The molecule has 0 fully saturated rings. The summed E-state index contributed by atoms with van der Waals surface area (Å²) < 4.78 is 5.03. The minimum absolute atomic E-state index is 0.108. The number of hydrogen-bond acceptors (Lipinski definition) is 6. The molecule has 1 heterocycles. The molecule has 2 aromatic rings. The van der Waals surface area contributed by atoms with Gasteiger partial charge in [0, 0.05) is 11.1 Å². The lowest BCUT2D eigenvalue weighted by Gasteiger charge is -1.98. The van der Waals surface area contributed by atoms with Crippen LogP contribution in [0.1, 0.15) is 12.7 Å². The molecule has 0 saturated heterocycles. The van der Waals surface area contributed by atoms with Crippen molar-refractivity contribution in [2.75, 3.05) is 6.54 Å². The third kappa shape index (κ3) is 3.07. The van der Waals surface area contributed by atoms with Crippen LogP contribution in [0.25, 0.3) is 11.5 Å². The molecule has 0 bridgehead atoms. The second-order valence-corrected chi connectivity index (χ2v) is 4.15. The highest BCUT2D eigenvalue weighted by atomic mass is 35.5. The zero-order chi connectivity index (χ0) is 13.8. The van der Waals surface area contributed by atoms with Gasteiger partial charge in [-0.05, 0) is 18.7 Å². The minimum atomic E-state index is -0.532. The van der Waals surface area contributed by atoms with E-state index < -0.39 is 4.92 Å². The Morgan fingerprint density at radius 2 is 2.32 bits per heavy atom. The molecule has 0 aliphatic rings. The lowest BCUT2D eigenvalue weighted by molar-refractivity contribution is -0.384. The second kappa shape index (κ2) is 5.77. The number of nitro groups is 1. The smallest absolute Gasteiger partial charge is 0.283 e. The van der Waals surface area contributed by atoms with E-state index in [0.29, 0.717) is 12.4 Å². The van der Waals surface area contributed by atoms with Crippen molar-refractivity contribution in [1.29, 1.82) is 0 Å². The summed E-state index contributed by atoms with van der Waals surface area (Å²) in [6.45, 7) is 3.16. The van der Waals surface area contributed by atoms with Gasteiger partial charge in [0.1, 0.15) is 5.56 Å². The van der Waals surface area contributed by atoms with Crippen LogP contribution in [-0.4, -0.2) is 21.6 Å². The Labute approximate surface area is 113 Å². The van der Waals surface area contributed by atoms with E-state index in [1.54, 1.807) is 0 Å². The number of nitrogens with zero attached hydrogens (tertiary/aromatic N) is 3. The normalized spacial score (nSPS) is 10.6. The van der Waals surface area contributed by atoms with E-state index in [0.717, 1.165) is 6.54 Å². The maximum Gasteiger partial charge on any atom is 0.283 e. The van der Waals surface area contributed by atoms with Crippen molar-refractivity contribution in [3.8, 4) is 11.5 Å². The highest BCUT2D eigenvalue weighted by molar-refractivity contribution is 6.30. The fraction of sp³-hybridized carbons (Fsp3) is 0.273. The summed E-state index contributed by atoms with van der Waals surface area (Å²) in [6, 6.07) is 4.29. The Bertz CT molecular complexity index is 599. The first kappa shape index (κ1) is 13.4. The zero-order valence-corrected chi connectivity index (χ0v) is 10.8. The average Bonchev–Trinajstić information content (AvgIpc) is 2.84. The average molecular weight is 283 g/mol. The van der Waals surface area contributed by atoms with Gasteiger partial charge in [-0.2, -0.15) is 4.98 Å². The van der Waals surface area contributed by atoms with E-state index in [1.807, 2.05) is 6.92 Å². The Balaban J connectivity index is 2.36. The molecule has 0 aliphatic carbocycles. The molecule has 7 nitrogen and oxygen atoms in total. The molecule has 1 aromatic carbocycles. The molecule has 8 heteroatoms. The summed E-state index contributed by atoms with van der Waals surface area (Å²) >= 11 is 5.74. The van der Waals surface area contributed by atoms with Crippen LogP contribution in [0.3, 0.4) is 0 Å². The Kier molecular flexibility index (Phi) is 4.08. The van der Waals surface area contributed by atoms with Crippen molar-refractivity contribution in [2.24, 2.45) is 0 Å². The number of rotatable bonds is 5. The number of nitrogens with one attached hydrogen (secondary N) is 1. The number of nitro benzene ring substituents is 1. The first-order valence-electron chi connectivity index (χ1n) is 5.59. The van der Waals surface area contributed by atoms with Crippen LogP contribution in [-0.2, 0) is 6.54 Å². The molecule has 0 unspecified atom stereocenters. The molecule has 19 heavy (non-hydrogen) atoms. The topological polar surface area (TPSA) is 94.1 Å². The number of aromatic nitrogens is 2. The fourth-order valence-corrected chi connectivity index (χ4v) is 1.68. The van der Waals surface area contributed by atoms with Crippen LogP contribution in [0.5, 0.6) is 0 Å². The van der Waals surface area contributed by atoms with Crippen molar-refractivity contribution in [1.82, 2.24) is 15.5 Å². The first-order valence-corrected chi connectivity index (χ1v) is 5.97. The summed E-state index contributed by atoms with van der Waals surface area (Å²) in [7, 11) is 0. The lowest BCUT2D eigenvalue weighted by atomic mass is 10.2. The van der Waals surface area contributed by atoms with Crippen LogP contribution in [0, 0.1) is 10.1 Å². The molecule has 2 rings (SSSR count). The van der Waals surface area contributed by atoms with E-state index in [1.165, 1.54) is 18.2 Å². The maximum atomic E-state index is 11.0. The van der Waals surface area contributed by atoms with Crippen molar-refractivity contribution in [2.45, 2.75) is 13.5 Å². The molecule has 1 aromatic heterocycles. The highest BCUT2D eigenvalue weighted by Gasteiger charge is 2.20. The van der Waals surface area contributed by atoms with Gasteiger partial charge < -0.3 is 9.84 Å². The van der Waals surface area contributed by atoms with Crippen LogP contribution in [0.2, 0.25) is 5.02 Å². The molecule has 0 atom stereocenters. The predicted octanol–water partition coefficient (Wildman–Crippen LogP) is 2.41. The molecule has 0 spiro atoms. The van der Waals surface area contributed by atoms with Gasteiger partial charge in [0.25, 0.3) is 11.6 Å². The Morgan fingerprint density at radius 1 is 1.53 bits per heavy atom. The first-order chi connectivity index (χ1) is 9.11. The van der Waals surface area contributed by atoms with Crippen molar-refractivity contribution < 1.29 is 9.45 Å². The second-order valence-electron chi connectivity index (χ2n) is 3.71.